The van der Waals surface area contributed by atoms with Crippen molar-refractivity contribution in [3.05, 3.63) is 59.8 Å². The van der Waals surface area contributed by atoms with Gasteiger partial charge >= 0.3 is 6.03 Å². The molecule has 6 heteroatoms. The van der Waals surface area contributed by atoms with E-state index in [2.05, 4.69) is 28.5 Å². The first kappa shape index (κ1) is 16.1. The number of benzene rings is 2. The summed E-state index contributed by atoms with van der Waals surface area (Å²) in [6.45, 7) is 2.17. The van der Waals surface area contributed by atoms with Crippen molar-refractivity contribution in [1.82, 2.24) is 15.2 Å². The molecular weight excluding hydrogens is 342 g/mol. The number of rotatable bonds is 2. The number of urea groups is 1. The first-order valence-electron chi connectivity index (χ1n) is 9.27. The van der Waals surface area contributed by atoms with Gasteiger partial charge in [-0.1, -0.05) is 30.3 Å². The van der Waals surface area contributed by atoms with Crippen molar-refractivity contribution >= 4 is 16.9 Å². The predicted molar refractivity (Wildman–Crippen MR) is 102 cm³/mol. The number of ether oxygens (including phenoxy) is 2. The number of carbonyl (C=O) groups excluding carboxylic acids is 1. The van der Waals surface area contributed by atoms with Crippen LogP contribution in [0.15, 0.2) is 48.5 Å². The Bertz CT molecular complexity index is 997. The van der Waals surface area contributed by atoms with Crippen molar-refractivity contribution in [1.29, 1.82) is 0 Å². The molecule has 1 aromatic heterocycles. The summed E-state index contributed by atoms with van der Waals surface area (Å²) in [6, 6.07) is 15.8. The molecule has 5 rings (SSSR count). The summed E-state index contributed by atoms with van der Waals surface area (Å²) < 4.78 is 11.6. The minimum absolute atomic E-state index is 0.0678. The van der Waals surface area contributed by atoms with Gasteiger partial charge in [0.2, 0.25) is 0 Å². The number of para-hydroxylation sites is 3. The van der Waals surface area contributed by atoms with Crippen LogP contribution in [0.4, 0.5) is 4.79 Å². The maximum absolute atomic E-state index is 12.6. The van der Waals surface area contributed by atoms with E-state index < -0.39 is 0 Å². The van der Waals surface area contributed by atoms with E-state index in [1.54, 1.807) is 0 Å². The molecule has 0 unspecified atom stereocenters. The van der Waals surface area contributed by atoms with E-state index in [1.807, 2.05) is 35.2 Å². The molecule has 2 amide bonds. The van der Waals surface area contributed by atoms with Gasteiger partial charge in [-0.05, 0) is 30.2 Å². The molecule has 138 valence electrons. The first-order chi connectivity index (χ1) is 13.3. The quantitative estimate of drug-likeness (QED) is 0.735. The van der Waals surface area contributed by atoms with Gasteiger partial charge < -0.3 is 24.7 Å². The molecule has 0 fully saturated rings. The number of hydrogen-bond donors (Lipinski definition) is 2. The second-order valence-electron chi connectivity index (χ2n) is 6.98. The third-order valence-corrected chi connectivity index (χ3v) is 5.22. The Balaban J connectivity index is 1.21. The SMILES string of the molecule is O=C(NC[C@@H]1COc2ccccc2O1)N1CCc2c([nH]c3ccccc23)C1. The normalized spacial score (nSPS) is 18.2. The van der Waals surface area contributed by atoms with Crippen molar-refractivity contribution in [2.75, 3.05) is 19.7 Å². The Kier molecular flexibility index (Phi) is 3.89. The number of aromatic amines is 1. The zero-order valence-electron chi connectivity index (χ0n) is 14.9. The van der Waals surface area contributed by atoms with Crippen LogP contribution in [-0.2, 0) is 13.0 Å². The molecule has 27 heavy (non-hydrogen) atoms. The summed E-state index contributed by atoms with van der Waals surface area (Å²) in [4.78, 5) is 17.9. The molecule has 0 spiro atoms. The number of nitrogens with one attached hydrogen (secondary N) is 2. The molecule has 0 saturated heterocycles. The Labute approximate surface area is 157 Å². The smallest absolute Gasteiger partial charge is 0.317 e. The van der Waals surface area contributed by atoms with E-state index in [4.69, 9.17) is 9.47 Å². The second-order valence-corrected chi connectivity index (χ2v) is 6.98. The van der Waals surface area contributed by atoms with E-state index >= 15 is 0 Å². The van der Waals surface area contributed by atoms with E-state index in [0.717, 1.165) is 29.1 Å². The lowest BCUT2D eigenvalue weighted by molar-refractivity contribution is 0.0898. The van der Waals surface area contributed by atoms with Crippen molar-refractivity contribution in [2.45, 2.75) is 19.1 Å². The highest BCUT2D eigenvalue weighted by Crippen LogP contribution is 2.31. The van der Waals surface area contributed by atoms with Crippen LogP contribution in [0.3, 0.4) is 0 Å². The van der Waals surface area contributed by atoms with Gasteiger partial charge in [-0.3, -0.25) is 0 Å². The highest BCUT2D eigenvalue weighted by atomic mass is 16.6. The average Bonchev–Trinajstić information content (AvgIpc) is 3.09. The van der Waals surface area contributed by atoms with Gasteiger partial charge in [-0.2, -0.15) is 0 Å². The highest BCUT2D eigenvalue weighted by molar-refractivity contribution is 5.85. The largest absolute Gasteiger partial charge is 0.486 e. The fraction of sp³-hybridized carbons (Fsp3) is 0.286. The molecule has 2 aromatic carbocycles. The lowest BCUT2D eigenvalue weighted by atomic mass is 10.0. The Morgan fingerprint density at radius 3 is 2.89 bits per heavy atom. The van der Waals surface area contributed by atoms with Gasteiger partial charge in [-0.25, -0.2) is 4.79 Å². The summed E-state index contributed by atoms with van der Waals surface area (Å²) in [5.41, 5.74) is 3.59. The number of carbonyl (C=O) groups is 1. The van der Waals surface area contributed by atoms with Crippen LogP contribution < -0.4 is 14.8 Å². The van der Waals surface area contributed by atoms with E-state index in [-0.39, 0.29) is 12.1 Å². The fourth-order valence-corrected chi connectivity index (χ4v) is 3.84. The van der Waals surface area contributed by atoms with Crippen molar-refractivity contribution in [3.8, 4) is 11.5 Å². The molecule has 2 aliphatic heterocycles. The molecule has 0 radical (unpaired) electrons. The molecule has 3 heterocycles. The minimum Gasteiger partial charge on any atom is -0.486 e. The number of hydrogen-bond acceptors (Lipinski definition) is 3. The zero-order valence-corrected chi connectivity index (χ0v) is 14.9. The summed E-state index contributed by atoms with van der Waals surface area (Å²) in [5.74, 6) is 1.48. The highest BCUT2D eigenvalue weighted by Gasteiger charge is 2.26. The predicted octanol–water partition coefficient (Wildman–Crippen LogP) is 3.08. The molecule has 0 aliphatic carbocycles. The number of amides is 2. The summed E-state index contributed by atoms with van der Waals surface area (Å²) in [6.07, 6.45) is 0.681. The first-order valence-corrected chi connectivity index (χ1v) is 9.27. The zero-order chi connectivity index (χ0) is 18.2. The number of nitrogens with zero attached hydrogens (tertiary/aromatic N) is 1. The number of aromatic nitrogens is 1. The van der Waals surface area contributed by atoms with E-state index in [1.165, 1.54) is 10.9 Å². The Morgan fingerprint density at radius 2 is 1.96 bits per heavy atom. The van der Waals surface area contributed by atoms with Crippen LogP contribution >= 0.6 is 0 Å². The van der Waals surface area contributed by atoms with Crippen LogP contribution in [-0.4, -0.2) is 41.7 Å². The number of fused-ring (bicyclic) bond motifs is 4. The standard InChI is InChI=1S/C21H21N3O3/c25-21(22-11-14-13-26-19-7-3-4-8-20(19)27-14)24-10-9-16-15-5-1-2-6-17(15)23-18(16)12-24/h1-8,14,23H,9-13H2,(H,22,25)/t14-/m1/s1. The lowest BCUT2D eigenvalue weighted by Gasteiger charge is -2.30. The molecule has 3 aromatic rings. The lowest BCUT2D eigenvalue weighted by Crippen LogP contribution is -2.47. The molecule has 0 bridgehead atoms. The average molecular weight is 363 g/mol. The van der Waals surface area contributed by atoms with E-state index in [0.29, 0.717) is 26.2 Å². The van der Waals surface area contributed by atoms with Crippen molar-refractivity contribution in [3.63, 3.8) is 0 Å². The topological polar surface area (TPSA) is 66.6 Å². The van der Waals surface area contributed by atoms with Crippen LogP contribution in [0.2, 0.25) is 0 Å². The van der Waals surface area contributed by atoms with Crippen molar-refractivity contribution in [2.24, 2.45) is 0 Å². The van der Waals surface area contributed by atoms with Gasteiger partial charge in [0.15, 0.2) is 17.6 Å². The second kappa shape index (κ2) is 6.54. The van der Waals surface area contributed by atoms with Crippen LogP contribution in [0, 0.1) is 0 Å². The van der Waals surface area contributed by atoms with Gasteiger partial charge in [0, 0.05) is 23.1 Å². The van der Waals surface area contributed by atoms with Crippen LogP contribution in [0.1, 0.15) is 11.3 Å². The maximum atomic E-state index is 12.6. The summed E-state index contributed by atoms with van der Waals surface area (Å²) in [5, 5.41) is 4.25. The number of H-pyrrole nitrogens is 1. The molecular formula is C21H21N3O3. The van der Waals surface area contributed by atoms with Gasteiger partial charge in [0.05, 0.1) is 13.1 Å². The fourth-order valence-electron chi connectivity index (χ4n) is 3.84. The third-order valence-electron chi connectivity index (χ3n) is 5.22. The maximum Gasteiger partial charge on any atom is 0.317 e. The molecule has 2 N–H and O–H groups in total. The summed E-state index contributed by atoms with van der Waals surface area (Å²) >= 11 is 0. The molecule has 1 atom stereocenters. The molecule has 6 nitrogen and oxygen atoms in total. The monoisotopic (exact) mass is 363 g/mol. The van der Waals surface area contributed by atoms with Gasteiger partial charge in [-0.15, -0.1) is 0 Å². The van der Waals surface area contributed by atoms with Crippen molar-refractivity contribution < 1.29 is 14.3 Å². The molecule has 0 saturated carbocycles. The Hall–Kier alpha value is -3.15. The van der Waals surface area contributed by atoms with Crippen LogP contribution in [0.25, 0.3) is 10.9 Å². The third kappa shape index (κ3) is 2.97. The Morgan fingerprint density at radius 1 is 1.15 bits per heavy atom. The van der Waals surface area contributed by atoms with Crippen LogP contribution in [0.5, 0.6) is 11.5 Å². The molecule has 2 aliphatic rings. The minimum atomic E-state index is -0.183. The summed E-state index contributed by atoms with van der Waals surface area (Å²) in [7, 11) is 0. The van der Waals surface area contributed by atoms with Gasteiger partial charge in [0.25, 0.3) is 0 Å². The van der Waals surface area contributed by atoms with Gasteiger partial charge in [0.1, 0.15) is 6.61 Å². The van der Waals surface area contributed by atoms with E-state index in [9.17, 15) is 4.79 Å².